The molecule has 0 aromatic carbocycles. The van der Waals surface area contributed by atoms with Gasteiger partial charge in [0.05, 0.1) is 12.2 Å². The predicted molar refractivity (Wildman–Crippen MR) is 107 cm³/mol. The lowest BCUT2D eigenvalue weighted by atomic mass is 10.1. The Morgan fingerprint density at radius 1 is 1.50 bits per heavy atom. The maximum absolute atomic E-state index is 4.56. The van der Waals surface area contributed by atoms with Crippen LogP contribution in [0.15, 0.2) is 22.8 Å². The molecular weight excluding hydrogens is 429 g/mol. The molecule has 1 unspecified atom stereocenters. The molecule has 0 radical (unpaired) electrons. The van der Waals surface area contributed by atoms with Crippen LogP contribution in [0.4, 0.5) is 0 Å². The molecule has 1 atom stereocenters. The summed E-state index contributed by atoms with van der Waals surface area (Å²) in [6.07, 6.45) is 6.68. The van der Waals surface area contributed by atoms with E-state index in [1.54, 1.807) is 11.3 Å². The zero-order valence-corrected chi connectivity index (χ0v) is 16.8. The molecule has 0 spiro atoms. The summed E-state index contributed by atoms with van der Waals surface area (Å²) < 4.78 is 2.39. The first-order valence-corrected chi connectivity index (χ1v) is 9.05. The lowest BCUT2D eigenvalue weighted by molar-refractivity contribution is 0.584. The van der Waals surface area contributed by atoms with Gasteiger partial charge in [-0.2, -0.15) is 11.8 Å². The second-order valence-electron chi connectivity index (χ2n) is 5.51. The first-order chi connectivity index (χ1) is 10.2. The average Bonchev–Trinajstić information content (AvgIpc) is 3.15. The highest BCUT2D eigenvalue weighted by atomic mass is 127. The highest BCUT2D eigenvalue weighted by Gasteiger charge is 2.29. The summed E-state index contributed by atoms with van der Waals surface area (Å²) in [5.41, 5.74) is 1.03. The van der Waals surface area contributed by atoms with Crippen molar-refractivity contribution in [3.05, 3.63) is 23.5 Å². The third-order valence-corrected chi connectivity index (χ3v) is 6.04. The van der Waals surface area contributed by atoms with E-state index in [1.807, 2.05) is 23.0 Å². The van der Waals surface area contributed by atoms with Crippen molar-refractivity contribution < 1.29 is 0 Å². The van der Waals surface area contributed by atoms with Gasteiger partial charge in [-0.15, -0.1) is 35.3 Å². The number of rotatable bonds is 4. The number of aromatic nitrogens is 2. The van der Waals surface area contributed by atoms with Gasteiger partial charge in [-0.3, -0.25) is 9.39 Å². The first-order valence-electron chi connectivity index (χ1n) is 7.18. The van der Waals surface area contributed by atoms with Gasteiger partial charge in [-0.1, -0.05) is 0 Å². The van der Waals surface area contributed by atoms with E-state index in [0.29, 0.717) is 11.3 Å². The Morgan fingerprint density at radius 3 is 3.05 bits per heavy atom. The van der Waals surface area contributed by atoms with E-state index in [1.165, 1.54) is 18.6 Å². The number of guanidine groups is 1. The van der Waals surface area contributed by atoms with Crippen LogP contribution < -0.4 is 10.6 Å². The lowest BCUT2D eigenvalue weighted by Gasteiger charge is -2.24. The van der Waals surface area contributed by atoms with Crippen molar-refractivity contribution in [1.82, 2.24) is 20.0 Å². The average molecular weight is 451 g/mol. The van der Waals surface area contributed by atoms with E-state index in [2.05, 4.69) is 45.5 Å². The van der Waals surface area contributed by atoms with Gasteiger partial charge >= 0.3 is 0 Å². The Hall–Kier alpha value is -0.480. The van der Waals surface area contributed by atoms with Gasteiger partial charge in [-0.25, -0.2) is 4.98 Å². The second-order valence-corrected chi connectivity index (χ2v) is 8.06. The third-order valence-electron chi connectivity index (χ3n) is 3.73. The van der Waals surface area contributed by atoms with Gasteiger partial charge in [0.1, 0.15) is 0 Å². The topological polar surface area (TPSA) is 53.7 Å². The number of nitrogens with zero attached hydrogens (tertiary/aromatic N) is 3. The Bertz CT molecular complexity index is 601. The van der Waals surface area contributed by atoms with E-state index in [4.69, 9.17) is 0 Å². The number of thioether (sulfide) groups is 1. The van der Waals surface area contributed by atoms with E-state index >= 15 is 0 Å². The fourth-order valence-electron chi connectivity index (χ4n) is 2.50. The van der Waals surface area contributed by atoms with Crippen LogP contribution in [0.3, 0.4) is 0 Å². The highest BCUT2D eigenvalue weighted by molar-refractivity contribution is 14.0. The van der Waals surface area contributed by atoms with Crippen molar-refractivity contribution in [3.63, 3.8) is 0 Å². The number of hydrogen-bond acceptors (Lipinski definition) is 4. The van der Waals surface area contributed by atoms with Crippen LogP contribution in [-0.4, -0.2) is 39.4 Å². The standard InChI is InChI=1S/C14H21N5S2.HI/c1-14(4-3-6-21-14)10-17-12(15-2)16-8-11-9-19-5-7-20-13(19)18-11;/h5,7,9H,3-4,6,8,10H2,1-2H3,(H2,15,16,17);1H. The Labute approximate surface area is 156 Å². The van der Waals surface area contributed by atoms with Crippen LogP contribution in [0.1, 0.15) is 25.5 Å². The summed E-state index contributed by atoms with van der Waals surface area (Å²) in [7, 11) is 1.81. The number of aliphatic imine (C=N–C) groups is 1. The number of nitrogens with one attached hydrogen (secondary N) is 2. The molecule has 2 aromatic rings. The van der Waals surface area contributed by atoms with Crippen LogP contribution in [0.5, 0.6) is 0 Å². The molecule has 5 nitrogen and oxygen atoms in total. The molecule has 1 fully saturated rings. The van der Waals surface area contributed by atoms with Crippen LogP contribution in [-0.2, 0) is 6.54 Å². The summed E-state index contributed by atoms with van der Waals surface area (Å²) in [4.78, 5) is 9.88. The minimum absolute atomic E-state index is 0. The molecular formula is C14H22IN5S2. The molecule has 1 aliphatic rings. The van der Waals surface area contributed by atoms with E-state index in [0.717, 1.165) is 23.2 Å². The van der Waals surface area contributed by atoms with Crippen molar-refractivity contribution in [2.75, 3.05) is 19.3 Å². The molecule has 122 valence electrons. The van der Waals surface area contributed by atoms with Gasteiger partial charge < -0.3 is 10.6 Å². The maximum atomic E-state index is 4.56. The predicted octanol–water partition coefficient (Wildman–Crippen LogP) is 2.96. The largest absolute Gasteiger partial charge is 0.355 e. The first kappa shape index (κ1) is 17.9. The molecule has 0 saturated carbocycles. The lowest BCUT2D eigenvalue weighted by Crippen LogP contribution is -2.43. The van der Waals surface area contributed by atoms with Crippen molar-refractivity contribution in [2.24, 2.45) is 4.99 Å². The molecule has 2 N–H and O–H groups in total. The van der Waals surface area contributed by atoms with Crippen LogP contribution >= 0.6 is 47.1 Å². The molecule has 3 heterocycles. The fourth-order valence-corrected chi connectivity index (χ4v) is 4.47. The Kier molecular flexibility index (Phi) is 6.39. The van der Waals surface area contributed by atoms with Gasteiger partial charge in [0.2, 0.25) is 0 Å². The molecule has 0 bridgehead atoms. The normalized spacial score (nSPS) is 21.8. The van der Waals surface area contributed by atoms with Crippen LogP contribution in [0.25, 0.3) is 4.96 Å². The summed E-state index contributed by atoms with van der Waals surface area (Å²) >= 11 is 3.71. The van der Waals surface area contributed by atoms with Gasteiger partial charge in [0.25, 0.3) is 0 Å². The Balaban J connectivity index is 0.00000176. The fraction of sp³-hybridized carbons (Fsp3) is 0.571. The number of hydrogen-bond donors (Lipinski definition) is 2. The molecule has 0 aliphatic carbocycles. The van der Waals surface area contributed by atoms with Gasteiger partial charge in [-0.05, 0) is 25.5 Å². The smallest absolute Gasteiger partial charge is 0.193 e. The highest BCUT2D eigenvalue weighted by Crippen LogP contribution is 2.36. The summed E-state index contributed by atoms with van der Waals surface area (Å²) in [5, 5.41) is 8.81. The molecule has 3 rings (SSSR count). The zero-order valence-electron chi connectivity index (χ0n) is 12.8. The van der Waals surface area contributed by atoms with Crippen molar-refractivity contribution in [3.8, 4) is 0 Å². The quantitative estimate of drug-likeness (QED) is 0.427. The van der Waals surface area contributed by atoms with Gasteiger partial charge in [0, 0.05) is 36.1 Å². The molecule has 1 aliphatic heterocycles. The summed E-state index contributed by atoms with van der Waals surface area (Å²) in [6, 6.07) is 0. The number of imidazole rings is 1. The van der Waals surface area contributed by atoms with E-state index in [9.17, 15) is 0 Å². The SMILES string of the molecule is CN=C(NCc1cn2ccsc2n1)NCC1(C)CCCS1.I. The summed E-state index contributed by atoms with van der Waals surface area (Å²) in [6.45, 7) is 3.97. The molecule has 1 saturated heterocycles. The molecule has 22 heavy (non-hydrogen) atoms. The minimum atomic E-state index is 0. The summed E-state index contributed by atoms with van der Waals surface area (Å²) in [5.74, 6) is 2.12. The van der Waals surface area contributed by atoms with Crippen LogP contribution in [0.2, 0.25) is 0 Å². The minimum Gasteiger partial charge on any atom is -0.355 e. The monoisotopic (exact) mass is 451 g/mol. The van der Waals surface area contributed by atoms with E-state index < -0.39 is 0 Å². The zero-order chi connectivity index (χ0) is 14.7. The van der Waals surface area contributed by atoms with Crippen molar-refractivity contribution in [1.29, 1.82) is 0 Å². The third kappa shape index (κ3) is 4.29. The van der Waals surface area contributed by atoms with E-state index in [-0.39, 0.29) is 24.0 Å². The van der Waals surface area contributed by atoms with Crippen molar-refractivity contribution in [2.45, 2.75) is 31.1 Å². The number of halogens is 1. The molecule has 0 amide bonds. The van der Waals surface area contributed by atoms with Gasteiger partial charge in [0.15, 0.2) is 10.9 Å². The Morgan fingerprint density at radius 2 is 2.36 bits per heavy atom. The van der Waals surface area contributed by atoms with Crippen molar-refractivity contribution >= 4 is 58.0 Å². The van der Waals surface area contributed by atoms with Crippen LogP contribution in [0, 0.1) is 0 Å². The second kappa shape index (κ2) is 7.87. The molecule has 2 aromatic heterocycles. The maximum Gasteiger partial charge on any atom is 0.193 e. The number of thiazole rings is 1. The number of fused-ring (bicyclic) bond motifs is 1. The molecule has 8 heteroatoms.